The maximum absolute atomic E-state index is 12.6. The lowest BCUT2D eigenvalue weighted by Crippen LogP contribution is -2.27. The van der Waals surface area contributed by atoms with Crippen LogP contribution >= 0.6 is 0 Å². The first kappa shape index (κ1) is 22.6. The molecule has 0 radical (unpaired) electrons. The fourth-order valence-electron chi connectivity index (χ4n) is 3.10. The molecule has 0 unspecified atom stereocenters. The van der Waals surface area contributed by atoms with Gasteiger partial charge in [0.15, 0.2) is 0 Å². The minimum Gasteiger partial charge on any atom is -0.326 e. The molecule has 1 heterocycles. The average Bonchev–Trinajstić information content (AvgIpc) is 2.77. The summed E-state index contributed by atoms with van der Waals surface area (Å²) in [5.74, 6) is -0.282. The molecular formula is C22H26N4O4S. The number of amides is 1. The molecule has 1 aromatic heterocycles. The number of unbranched alkanes of at least 4 members (excludes halogenated alkanes) is 1. The first-order chi connectivity index (χ1) is 14.8. The van der Waals surface area contributed by atoms with Crippen LogP contribution in [-0.4, -0.2) is 41.8 Å². The van der Waals surface area contributed by atoms with Crippen molar-refractivity contribution in [2.75, 3.05) is 18.9 Å². The fraction of sp³-hybridized carbons (Fsp3) is 0.318. The van der Waals surface area contributed by atoms with Crippen molar-refractivity contribution in [3.05, 3.63) is 65.2 Å². The first-order valence-electron chi connectivity index (χ1n) is 10.1. The van der Waals surface area contributed by atoms with Crippen LogP contribution in [0.2, 0.25) is 0 Å². The molecule has 0 bridgehead atoms. The summed E-state index contributed by atoms with van der Waals surface area (Å²) in [6.45, 7) is 2.66. The van der Waals surface area contributed by atoms with Gasteiger partial charge in [-0.2, -0.15) is 0 Å². The predicted octanol–water partition coefficient (Wildman–Crippen LogP) is 2.85. The van der Waals surface area contributed by atoms with Crippen LogP contribution in [0.25, 0.3) is 10.9 Å². The summed E-state index contributed by atoms with van der Waals surface area (Å²) in [6.07, 6.45) is 3.22. The van der Waals surface area contributed by atoms with Gasteiger partial charge in [0.2, 0.25) is 15.9 Å². The standard InChI is InChI=1S/C22H26N4O4S/c1-3-4-14-25(2)31(29,30)18-11-9-17(10-12-18)24-21(27)13-15-26-16-23-20-8-6-5-7-19(20)22(26)28/h5-12,16H,3-4,13-15H2,1-2H3,(H,24,27). The molecule has 31 heavy (non-hydrogen) atoms. The number of sulfonamides is 1. The summed E-state index contributed by atoms with van der Waals surface area (Å²) in [4.78, 5) is 29.2. The van der Waals surface area contributed by atoms with Crippen LogP contribution in [0, 0.1) is 0 Å². The highest BCUT2D eigenvalue weighted by Crippen LogP contribution is 2.18. The van der Waals surface area contributed by atoms with Crippen LogP contribution in [0.4, 0.5) is 5.69 Å². The number of benzene rings is 2. The second kappa shape index (κ2) is 9.84. The van der Waals surface area contributed by atoms with Gasteiger partial charge in [-0.1, -0.05) is 25.5 Å². The maximum atomic E-state index is 12.6. The van der Waals surface area contributed by atoms with E-state index in [1.54, 1.807) is 37.4 Å². The number of anilines is 1. The van der Waals surface area contributed by atoms with Gasteiger partial charge in [-0.3, -0.25) is 14.2 Å². The van der Waals surface area contributed by atoms with E-state index in [1.807, 2.05) is 13.0 Å². The number of aromatic nitrogens is 2. The second-order valence-electron chi connectivity index (χ2n) is 7.26. The number of hydrogen-bond donors (Lipinski definition) is 1. The van der Waals surface area contributed by atoms with Crippen molar-refractivity contribution in [2.24, 2.45) is 0 Å². The fourth-order valence-corrected chi connectivity index (χ4v) is 4.31. The smallest absolute Gasteiger partial charge is 0.261 e. The molecule has 0 spiro atoms. The number of carbonyl (C=O) groups is 1. The highest BCUT2D eigenvalue weighted by atomic mass is 32.2. The van der Waals surface area contributed by atoms with E-state index >= 15 is 0 Å². The Morgan fingerprint density at radius 1 is 1.13 bits per heavy atom. The van der Waals surface area contributed by atoms with Crippen LogP contribution in [0.15, 0.2) is 64.5 Å². The second-order valence-corrected chi connectivity index (χ2v) is 9.31. The lowest BCUT2D eigenvalue weighted by molar-refractivity contribution is -0.116. The minimum atomic E-state index is -3.55. The number of hydrogen-bond acceptors (Lipinski definition) is 5. The normalized spacial score (nSPS) is 11.7. The lowest BCUT2D eigenvalue weighted by atomic mass is 10.2. The van der Waals surface area contributed by atoms with E-state index < -0.39 is 10.0 Å². The van der Waals surface area contributed by atoms with Gasteiger partial charge in [-0.15, -0.1) is 0 Å². The molecule has 9 heteroatoms. The van der Waals surface area contributed by atoms with Gasteiger partial charge in [0, 0.05) is 32.2 Å². The van der Waals surface area contributed by atoms with E-state index in [9.17, 15) is 18.0 Å². The summed E-state index contributed by atoms with van der Waals surface area (Å²) >= 11 is 0. The Bertz CT molecular complexity index is 1220. The molecule has 0 saturated carbocycles. The van der Waals surface area contributed by atoms with Gasteiger partial charge in [0.05, 0.1) is 22.1 Å². The largest absolute Gasteiger partial charge is 0.326 e. The van der Waals surface area contributed by atoms with Crippen molar-refractivity contribution in [2.45, 2.75) is 37.6 Å². The van der Waals surface area contributed by atoms with E-state index in [0.29, 0.717) is 23.1 Å². The van der Waals surface area contributed by atoms with Crippen LogP contribution in [0.3, 0.4) is 0 Å². The van der Waals surface area contributed by atoms with Crippen molar-refractivity contribution >= 4 is 32.5 Å². The van der Waals surface area contributed by atoms with Crippen LogP contribution in [-0.2, 0) is 21.4 Å². The van der Waals surface area contributed by atoms with Gasteiger partial charge in [-0.25, -0.2) is 17.7 Å². The number of aryl methyl sites for hydroxylation is 1. The van der Waals surface area contributed by atoms with Gasteiger partial charge in [0.25, 0.3) is 5.56 Å². The van der Waals surface area contributed by atoms with E-state index in [4.69, 9.17) is 0 Å². The average molecular weight is 443 g/mol. The number of rotatable bonds is 9. The zero-order valence-electron chi connectivity index (χ0n) is 17.6. The van der Waals surface area contributed by atoms with Crippen molar-refractivity contribution in [1.82, 2.24) is 13.9 Å². The summed E-state index contributed by atoms with van der Waals surface area (Å²) in [5, 5.41) is 3.23. The monoisotopic (exact) mass is 442 g/mol. The molecule has 1 N–H and O–H groups in total. The van der Waals surface area contributed by atoms with E-state index in [1.165, 1.54) is 27.3 Å². The predicted molar refractivity (Wildman–Crippen MR) is 120 cm³/mol. The third-order valence-corrected chi connectivity index (χ3v) is 6.86. The van der Waals surface area contributed by atoms with E-state index in [0.717, 1.165) is 12.8 Å². The third-order valence-electron chi connectivity index (χ3n) is 4.98. The SMILES string of the molecule is CCCCN(C)S(=O)(=O)c1ccc(NC(=O)CCn2cnc3ccccc3c2=O)cc1. The molecule has 0 aliphatic heterocycles. The number of fused-ring (bicyclic) bond motifs is 1. The molecule has 164 valence electrons. The Balaban J connectivity index is 1.61. The van der Waals surface area contributed by atoms with Crippen LogP contribution in [0.1, 0.15) is 26.2 Å². The van der Waals surface area contributed by atoms with E-state index in [2.05, 4.69) is 10.3 Å². The number of nitrogens with one attached hydrogen (secondary N) is 1. The molecule has 3 aromatic rings. The topological polar surface area (TPSA) is 101 Å². The Morgan fingerprint density at radius 2 is 1.84 bits per heavy atom. The summed E-state index contributed by atoms with van der Waals surface area (Å²) in [6, 6.07) is 13.1. The number of para-hydroxylation sites is 1. The lowest BCUT2D eigenvalue weighted by Gasteiger charge is -2.17. The molecule has 0 aliphatic rings. The summed E-state index contributed by atoms with van der Waals surface area (Å²) in [5.41, 5.74) is 0.910. The number of nitrogens with zero attached hydrogens (tertiary/aromatic N) is 3. The van der Waals surface area contributed by atoms with Crippen molar-refractivity contribution in [3.63, 3.8) is 0 Å². The zero-order chi connectivity index (χ0) is 22.4. The molecule has 0 fully saturated rings. The molecule has 0 aliphatic carbocycles. The third kappa shape index (κ3) is 5.36. The molecule has 0 atom stereocenters. The minimum absolute atomic E-state index is 0.0831. The van der Waals surface area contributed by atoms with Crippen molar-refractivity contribution in [1.29, 1.82) is 0 Å². The first-order valence-corrected chi connectivity index (χ1v) is 11.6. The van der Waals surface area contributed by atoms with Crippen LogP contribution < -0.4 is 10.9 Å². The van der Waals surface area contributed by atoms with Gasteiger partial charge in [-0.05, 0) is 42.8 Å². The Hall–Kier alpha value is -3.04. The van der Waals surface area contributed by atoms with E-state index in [-0.39, 0.29) is 29.3 Å². The summed E-state index contributed by atoms with van der Waals surface area (Å²) in [7, 11) is -1.99. The molecule has 8 nitrogen and oxygen atoms in total. The van der Waals surface area contributed by atoms with Crippen molar-refractivity contribution < 1.29 is 13.2 Å². The highest BCUT2D eigenvalue weighted by molar-refractivity contribution is 7.89. The molecule has 2 aromatic carbocycles. The Morgan fingerprint density at radius 3 is 2.55 bits per heavy atom. The quantitative estimate of drug-likeness (QED) is 0.549. The molecule has 0 saturated heterocycles. The molecule has 1 amide bonds. The van der Waals surface area contributed by atoms with Gasteiger partial charge in [0.1, 0.15) is 0 Å². The number of carbonyl (C=O) groups excluding carboxylic acids is 1. The molecule has 3 rings (SSSR count). The Kier molecular flexibility index (Phi) is 7.19. The van der Waals surface area contributed by atoms with Crippen molar-refractivity contribution in [3.8, 4) is 0 Å². The molecular weight excluding hydrogens is 416 g/mol. The van der Waals surface area contributed by atoms with Crippen LogP contribution in [0.5, 0.6) is 0 Å². The Labute approximate surface area is 181 Å². The maximum Gasteiger partial charge on any atom is 0.261 e. The zero-order valence-corrected chi connectivity index (χ0v) is 18.4. The van der Waals surface area contributed by atoms with Gasteiger partial charge < -0.3 is 5.32 Å². The van der Waals surface area contributed by atoms with Gasteiger partial charge >= 0.3 is 0 Å². The summed E-state index contributed by atoms with van der Waals surface area (Å²) < 4.78 is 27.9. The highest BCUT2D eigenvalue weighted by Gasteiger charge is 2.20.